The second-order valence-electron chi connectivity index (χ2n) is 4.00. The molecule has 0 atom stereocenters. The Morgan fingerprint density at radius 2 is 2.14 bits per heavy atom. The van der Waals surface area contributed by atoms with Gasteiger partial charge in [-0.15, -0.1) is 11.3 Å². The normalized spacial score (nSPS) is 12.7. The van der Waals surface area contributed by atoms with Crippen molar-refractivity contribution < 1.29 is 19.0 Å². The van der Waals surface area contributed by atoms with Crippen LogP contribution in [-0.2, 0) is 25.5 Å². The number of ether oxygens (including phenoxy) is 3. The Kier molecular flexibility index (Phi) is 7.36. The van der Waals surface area contributed by atoms with E-state index >= 15 is 0 Å². The van der Waals surface area contributed by atoms with Crippen molar-refractivity contribution in [1.29, 1.82) is 5.26 Å². The predicted octanol–water partition coefficient (Wildman–Crippen LogP) is -0.432. The molecule has 120 valence electrons. The highest BCUT2D eigenvalue weighted by Crippen LogP contribution is 1.97. The van der Waals surface area contributed by atoms with Crippen LogP contribution in [0.4, 0.5) is 0 Å². The minimum absolute atomic E-state index is 0.148. The number of nitriles is 1. The Morgan fingerprint density at radius 1 is 1.41 bits per heavy atom. The van der Waals surface area contributed by atoms with E-state index in [0.29, 0.717) is 11.1 Å². The van der Waals surface area contributed by atoms with Crippen LogP contribution in [0.25, 0.3) is 11.8 Å². The van der Waals surface area contributed by atoms with Crippen molar-refractivity contribution >= 4 is 29.1 Å². The summed E-state index contributed by atoms with van der Waals surface area (Å²) in [6.45, 7) is 4.51. The number of carbonyl (C=O) groups excluding carboxylic acids is 1. The Balaban J connectivity index is 3.59. The third-order valence-electron chi connectivity index (χ3n) is 2.59. The highest BCUT2D eigenvalue weighted by molar-refractivity contribution is 7.07. The van der Waals surface area contributed by atoms with Crippen molar-refractivity contribution in [3.8, 4) is 6.07 Å². The zero-order chi connectivity index (χ0) is 16.5. The molecule has 0 aliphatic carbocycles. The highest BCUT2D eigenvalue weighted by atomic mass is 32.1. The van der Waals surface area contributed by atoms with E-state index in [2.05, 4.69) is 0 Å². The molecule has 0 aliphatic rings. The summed E-state index contributed by atoms with van der Waals surface area (Å²) in [5.41, 5.74) is -0.529. The first kappa shape index (κ1) is 17.9. The molecular formula is C14H18N2O5S. The summed E-state index contributed by atoms with van der Waals surface area (Å²) >= 11 is 1.02. The fourth-order valence-electron chi connectivity index (χ4n) is 1.62. The number of thiazole rings is 1. The average molecular weight is 326 g/mol. The predicted molar refractivity (Wildman–Crippen MR) is 81.5 cm³/mol. The van der Waals surface area contributed by atoms with E-state index in [9.17, 15) is 14.9 Å². The Bertz CT molecular complexity index is 726. The SMILES string of the molecule is CCO/C=c1\s/c(=C(/C#N)C(=O)OCC)n(CCOC)c1=O. The molecule has 1 aromatic heterocycles. The zero-order valence-electron chi connectivity index (χ0n) is 12.7. The van der Waals surface area contributed by atoms with Gasteiger partial charge in [0.1, 0.15) is 21.5 Å². The molecule has 0 bridgehead atoms. The molecule has 0 N–H and O–H groups in total. The third kappa shape index (κ3) is 4.19. The van der Waals surface area contributed by atoms with Gasteiger partial charge in [-0.25, -0.2) is 4.79 Å². The second kappa shape index (κ2) is 9.02. The average Bonchev–Trinajstić information content (AvgIpc) is 2.80. The molecule has 0 saturated carbocycles. The first-order valence-corrected chi connectivity index (χ1v) is 7.54. The number of aromatic nitrogens is 1. The Hall–Kier alpha value is -2.11. The number of hydrogen-bond acceptors (Lipinski definition) is 7. The summed E-state index contributed by atoms with van der Waals surface area (Å²) in [6.07, 6.45) is 1.33. The summed E-state index contributed by atoms with van der Waals surface area (Å²) in [6, 6.07) is 1.81. The maximum Gasteiger partial charge on any atom is 0.351 e. The van der Waals surface area contributed by atoms with Gasteiger partial charge in [0.05, 0.1) is 26.4 Å². The minimum atomic E-state index is -0.750. The molecule has 0 spiro atoms. The summed E-state index contributed by atoms with van der Waals surface area (Å²) in [5.74, 6) is -0.750. The van der Waals surface area contributed by atoms with E-state index in [1.807, 2.05) is 6.07 Å². The largest absolute Gasteiger partial charge is 0.500 e. The van der Waals surface area contributed by atoms with Crippen LogP contribution in [0, 0.1) is 11.3 Å². The minimum Gasteiger partial charge on any atom is -0.500 e. The van der Waals surface area contributed by atoms with Crippen LogP contribution in [-0.4, -0.2) is 37.5 Å². The molecule has 1 heterocycles. The number of methoxy groups -OCH3 is 1. The third-order valence-corrected chi connectivity index (χ3v) is 3.70. The van der Waals surface area contributed by atoms with Gasteiger partial charge in [0.15, 0.2) is 5.57 Å². The Morgan fingerprint density at radius 3 is 2.68 bits per heavy atom. The van der Waals surface area contributed by atoms with Crippen molar-refractivity contribution in [2.45, 2.75) is 20.4 Å². The maximum absolute atomic E-state index is 12.3. The molecule has 8 heteroatoms. The molecular weight excluding hydrogens is 308 g/mol. The lowest BCUT2D eigenvalue weighted by atomic mass is 10.3. The summed E-state index contributed by atoms with van der Waals surface area (Å²) in [4.78, 5) is 24.2. The summed E-state index contributed by atoms with van der Waals surface area (Å²) in [5, 5.41) is 9.23. The van der Waals surface area contributed by atoms with Gasteiger partial charge in [-0.2, -0.15) is 5.26 Å². The molecule has 0 aromatic carbocycles. The quantitative estimate of drug-likeness (QED) is 0.632. The lowest BCUT2D eigenvalue weighted by Gasteiger charge is -2.02. The van der Waals surface area contributed by atoms with Gasteiger partial charge in [0, 0.05) is 7.11 Å². The van der Waals surface area contributed by atoms with Crippen LogP contribution in [0.15, 0.2) is 4.79 Å². The number of carbonyl (C=O) groups is 1. The molecule has 22 heavy (non-hydrogen) atoms. The van der Waals surface area contributed by atoms with Gasteiger partial charge in [0.2, 0.25) is 0 Å². The lowest BCUT2D eigenvalue weighted by molar-refractivity contribution is -0.136. The number of esters is 1. The molecule has 0 amide bonds. The van der Waals surface area contributed by atoms with Crippen LogP contribution in [0.1, 0.15) is 13.8 Å². The first-order chi connectivity index (χ1) is 10.6. The van der Waals surface area contributed by atoms with Gasteiger partial charge in [-0.3, -0.25) is 9.36 Å². The summed E-state index contributed by atoms with van der Waals surface area (Å²) in [7, 11) is 1.50. The van der Waals surface area contributed by atoms with E-state index < -0.39 is 5.97 Å². The van der Waals surface area contributed by atoms with Crippen molar-refractivity contribution in [3.05, 3.63) is 19.5 Å². The van der Waals surface area contributed by atoms with Crippen LogP contribution in [0.2, 0.25) is 0 Å². The fraction of sp³-hybridized carbons (Fsp3) is 0.500. The van der Waals surface area contributed by atoms with Gasteiger partial charge < -0.3 is 14.2 Å². The van der Waals surface area contributed by atoms with Crippen LogP contribution < -0.4 is 14.8 Å². The summed E-state index contributed by atoms with van der Waals surface area (Å²) < 4.78 is 16.8. The lowest BCUT2D eigenvalue weighted by Crippen LogP contribution is -2.34. The van der Waals surface area contributed by atoms with Gasteiger partial charge >= 0.3 is 5.97 Å². The Labute approximate surface area is 131 Å². The topological polar surface area (TPSA) is 90.6 Å². The first-order valence-electron chi connectivity index (χ1n) is 6.72. The number of hydrogen-bond donors (Lipinski definition) is 0. The van der Waals surface area contributed by atoms with Gasteiger partial charge in [0.25, 0.3) is 5.56 Å². The molecule has 0 saturated heterocycles. The second-order valence-corrected chi connectivity index (χ2v) is 5.03. The van der Waals surface area contributed by atoms with Crippen molar-refractivity contribution in [1.82, 2.24) is 4.57 Å². The number of rotatable bonds is 7. The number of nitrogens with zero attached hydrogens (tertiary/aromatic N) is 2. The van der Waals surface area contributed by atoms with Crippen LogP contribution in [0.5, 0.6) is 0 Å². The van der Waals surface area contributed by atoms with Crippen molar-refractivity contribution in [3.63, 3.8) is 0 Å². The van der Waals surface area contributed by atoms with Crippen molar-refractivity contribution in [2.75, 3.05) is 26.9 Å². The van der Waals surface area contributed by atoms with Crippen LogP contribution in [0.3, 0.4) is 0 Å². The molecule has 0 fully saturated rings. The van der Waals surface area contributed by atoms with Gasteiger partial charge in [-0.1, -0.05) is 0 Å². The highest BCUT2D eigenvalue weighted by Gasteiger charge is 2.16. The molecule has 7 nitrogen and oxygen atoms in total. The van der Waals surface area contributed by atoms with E-state index in [0.717, 1.165) is 11.3 Å². The molecule has 0 unspecified atom stereocenters. The molecule has 1 rings (SSSR count). The van der Waals surface area contributed by atoms with E-state index in [-0.39, 0.29) is 35.6 Å². The molecule has 1 aromatic rings. The maximum atomic E-state index is 12.3. The standard InChI is InChI=1S/C14H18N2O5S/c1-4-20-9-11-12(17)16(6-7-19-3)13(22-11)10(8-15)14(18)21-5-2/h9H,4-7H2,1-3H3/b11-9-,13-10-. The van der Waals surface area contributed by atoms with E-state index in [4.69, 9.17) is 14.2 Å². The van der Waals surface area contributed by atoms with E-state index in [1.165, 1.54) is 17.9 Å². The fourth-order valence-corrected chi connectivity index (χ4v) is 2.65. The van der Waals surface area contributed by atoms with Crippen molar-refractivity contribution in [2.24, 2.45) is 0 Å². The van der Waals surface area contributed by atoms with Gasteiger partial charge in [-0.05, 0) is 13.8 Å². The van der Waals surface area contributed by atoms with E-state index in [1.54, 1.807) is 13.8 Å². The molecule has 0 aliphatic heterocycles. The smallest absolute Gasteiger partial charge is 0.351 e. The molecule has 0 radical (unpaired) electrons. The zero-order valence-corrected chi connectivity index (χ0v) is 13.6. The van der Waals surface area contributed by atoms with Crippen LogP contribution >= 0.6 is 11.3 Å². The monoisotopic (exact) mass is 326 g/mol.